The summed E-state index contributed by atoms with van der Waals surface area (Å²) in [6.45, 7) is 4.72. The molecule has 1 heterocycles. The molecule has 3 aromatic carbocycles. The molecule has 7 heteroatoms. The second-order valence-corrected chi connectivity index (χ2v) is 7.97. The Labute approximate surface area is 187 Å². The normalized spacial score (nSPS) is 15.2. The monoisotopic (exact) mass is 430 g/mol. The molecule has 0 aliphatic carbocycles. The van der Waals surface area contributed by atoms with Gasteiger partial charge in [-0.15, -0.1) is 0 Å². The standard InChI is InChI=1S/C25H26N4O3/c1-19-10-12-21(13-11-19)26-25(30)24(20-6-3-2-4-7-20)28-16-14-27(15-17-28)22-8-5-9-23(18-22)29(31)32/h2-13,18,24H,14-17H2,1H3,(H,26,30). The number of non-ortho nitro benzene ring substituents is 1. The minimum Gasteiger partial charge on any atom is -0.369 e. The van der Waals surface area contributed by atoms with Crippen LogP contribution in [0.3, 0.4) is 0 Å². The number of aryl methyl sites for hydroxylation is 1. The molecular weight excluding hydrogens is 404 g/mol. The lowest BCUT2D eigenvalue weighted by Crippen LogP contribution is -2.50. The number of hydrogen-bond donors (Lipinski definition) is 1. The van der Waals surface area contributed by atoms with E-state index in [1.54, 1.807) is 12.1 Å². The van der Waals surface area contributed by atoms with Gasteiger partial charge in [0.05, 0.1) is 4.92 Å². The summed E-state index contributed by atoms with van der Waals surface area (Å²) >= 11 is 0. The Morgan fingerprint density at radius 2 is 1.62 bits per heavy atom. The van der Waals surface area contributed by atoms with E-state index >= 15 is 0 Å². The number of nitro benzene ring substituents is 1. The largest absolute Gasteiger partial charge is 0.369 e. The number of carbonyl (C=O) groups excluding carboxylic acids is 1. The molecule has 1 N–H and O–H groups in total. The molecule has 32 heavy (non-hydrogen) atoms. The summed E-state index contributed by atoms with van der Waals surface area (Å²) in [5.41, 5.74) is 3.78. The van der Waals surface area contributed by atoms with E-state index in [1.807, 2.05) is 67.6 Å². The van der Waals surface area contributed by atoms with E-state index in [-0.39, 0.29) is 16.5 Å². The van der Waals surface area contributed by atoms with Gasteiger partial charge in [0, 0.05) is 49.7 Å². The maximum atomic E-state index is 13.3. The highest BCUT2D eigenvalue weighted by Gasteiger charge is 2.31. The van der Waals surface area contributed by atoms with E-state index in [2.05, 4.69) is 15.1 Å². The highest BCUT2D eigenvalue weighted by molar-refractivity contribution is 5.95. The Balaban J connectivity index is 1.50. The summed E-state index contributed by atoms with van der Waals surface area (Å²) in [6.07, 6.45) is 0. The first-order valence-electron chi connectivity index (χ1n) is 10.7. The molecule has 1 aliphatic rings. The maximum Gasteiger partial charge on any atom is 0.271 e. The van der Waals surface area contributed by atoms with Gasteiger partial charge in [-0.05, 0) is 30.7 Å². The maximum absolute atomic E-state index is 13.3. The number of nitrogens with zero attached hydrogens (tertiary/aromatic N) is 3. The molecule has 4 rings (SSSR count). The number of benzene rings is 3. The molecule has 1 aliphatic heterocycles. The number of amides is 1. The van der Waals surface area contributed by atoms with Crippen LogP contribution in [0.2, 0.25) is 0 Å². The van der Waals surface area contributed by atoms with Crippen LogP contribution in [0.15, 0.2) is 78.9 Å². The van der Waals surface area contributed by atoms with Crippen LogP contribution in [-0.2, 0) is 4.79 Å². The molecule has 1 saturated heterocycles. The summed E-state index contributed by atoms with van der Waals surface area (Å²) in [4.78, 5) is 28.4. The van der Waals surface area contributed by atoms with Gasteiger partial charge in [-0.25, -0.2) is 0 Å². The van der Waals surface area contributed by atoms with Crippen molar-refractivity contribution in [1.82, 2.24) is 4.90 Å². The van der Waals surface area contributed by atoms with Crippen molar-refractivity contribution < 1.29 is 9.72 Å². The summed E-state index contributed by atoms with van der Waals surface area (Å²) in [7, 11) is 0. The molecule has 3 aromatic rings. The van der Waals surface area contributed by atoms with Crippen molar-refractivity contribution in [1.29, 1.82) is 0 Å². The Morgan fingerprint density at radius 1 is 0.938 bits per heavy atom. The third kappa shape index (κ3) is 4.95. The third-order valence-electron chi connectivity index (χ3n) is 5.77. The van der Waals surface area contributed by atoms with Crippen molar-refractivity contribution in [3.8, 4) is 0 Å². The zero-order valence-electron chi connectivity index (χ0n) is 18.0. The van der Waals surface area contributed by atoms with Gasteiger partial charge in [-0.2, -0.15) is 0 Å². The third-order valence-corrected chi connectivity index (χ3v) is 5.77. The molecule has 0 bridgehead atoms. The minimum atomic E-state index is -0.412. The fourth-order valence-electron chi connectivity index (χ4n) is 4.05. The van der Waals surface area contributed by atoms with Crippen LogP contribution in [0.4, 0.5) is 17.1 Å². The smallest absolute Gasteiger partial charge is 0.271 e. The van der Waals surface area contributed by atoms with Crippen molar-refractivity contribution in [2.45, 2.75) is 13.0 Å². The van der Waals surface area contributed by atoms with E-state index in [0.29, 0.717) is 26.2 Å². The van der Waals surface area contributed by atoms with Crippen molar-refractivity contribution in [2.75, 3.05) is 36.4 Å². The fourth-order valence-corrected chi connectivity index (χ4v) is 4.05. The number of hydrogen-bond acceptors (Lipinski definition) is 5. The van der Waals surface area contributed by atoms with Crippen LogP contribution in [0.5, 0.6) is 0 Å². The Bertz CT molecular complexity index is 1080. The van der Waals surface area contributed by atoms with E-state index in [0.717, 1.165) is 22.5 Å². The predicted octanol–water partition coefficient (Wildman–Crippen LogP) is 4.41. The van der Waals surface area contributed by atoms with Gasteiger partial charge in [0.15, 0.2) is 0 Å². The quantitative estimate of drug-likeness (QED) is 0.463. The number of rotatable bonds is 6. The number of nitrogens with one attached hydrogen (secondary N) is 1. The topological polar surface area (TPSA) is 78.7 Å². The molecule has 1 amide bonds. The predicted molar refractivity (Wildman–Crippen MR) is 126 cm³/mol. The van der Waals surface area contributed by atoms with Gasteiger partial charge in [0.25, 0.3) is 5.69 Å². The van der Waals surface area contributed by atoms with E-state index in [1.165, 1.54) is 6.07 Å². The first kappa shape index (κ1) is 21.5. The molecular formula is C25H26N4O3. The van der Waals surface area contributed by atoms with Crippen LogP contribution in [0.25, 0.3) is 0 Å². The van der Waals surface area contributed by atoms with Crippen LogP contribution >= 0.6 is 0 Å². The zero-order valence-corrected chi connectivity index (χ0v) is 18.0. The SMILES string of the molecule is Cc1ccc(NC(=O)C(c2ccccc2)N2CCN(c3cccc([N+](=O)[O-])c3)CC2)cc1. The minimum absolute atomic E-state index is 0.0659. The number of nitro groups is 1. The zero-order chi connectivity index (χ0) is 22.5. The Kier molecular flexibility index (Phi) is 6.47. The highest BCUT2D eigenvalue weighted by Crippen LogP contribution is 2.27. The highest BCUT2D eigenvalue weighted by atomic mass is 16.6. The lowest BCUT2D eigenvalue weighted by Gasteiger charge is -2.39. The van der Waals surface area contributed by atoms with Gasteiger partial charge >= 0.3 is 0 Å². The molecule has 1 unspecified atom stereocenters. The molecule has 1 atom stereocenters. The average molecular weight is 431 g/mol. The van der Waals surface area contributed by atoms with Crippen molar-refractivity contribution >= 4 is 23.0 Å². The molecule has 0 saturated carbocycles. The Morgan fingerprint density at radius 3 is 2.28 bits per heavy atom. The van der Waals surface area contributed by atoms with Gasteiger partial charge in [-0.1, -0.05) is 54.1 Å². The van der Waals surface area contributed by atoms with Crippen molar-refractivity contribution in [2.24, 2.45) is 0 Å². The average Bonchev–Trinajstić information content (AvgIpc) is 2.82. The van der Waals surface area contributed by atoms with Gasteiger partial charge in [0.2, 0.25) is 5.91 Å². The Hall–Kier alpha value is -3.71. The second kappa shape index (κ2) is 9.62. The molecule has 164 valence electrons. The van der Waals surface area contributed by atoms with Crippen LogP contribution < -0.4 is 10.2 Å². The molecule has 0 spiro atoms. The van der Waals surface area contributed by atoms with Gasteiger partial charge in [0.1, 0.15) is 6.04 Å². The lowest BCUT2D eigenvalue weighted by molar-refractivity contribution is -0.384. The number of anilines is 2. The summed E-state index contributed by atoms with van der Waals surface area (Å²) in [6, 6.07) is 23.9. The van der Waals surface area contributed by atoms with E-state index < -0.39 is 6.04 Å². The van der Waals surface area contributed by atoms with Crippen LogP contribution in [0, 0.1) is 17.0 Å². The van der Waals surface area contributed by atoms with E-state index in [4.69, 9.17) is 0 Å². The van der Waals surface area contributed by atoms with Crippen LogP contribution in [-0.4, -0.2) is 41.9 Å². The van der Waals surface area contributed by atoms with Gasteiger partial charge in [-0.3, -0.25) is 19.8 Å². The summed E-state index contributed by atoms with van der Waals surface area (Å²) < 4.78 is 0. The van der Waals surface area contributed by atoms with Crippen molar-refractivity contribution in [3.63, 3.8) is 0 Å². The first-order valence-corrected chi connectivity index (χ1v) is 10.7. The summed E-state index contributed by atoms with van der Waals surface area (Å²) in [5.74, 6) is -0.0659. The first-order chi connectivity index (χ1) is 15.5. The molecule has 7 nitrogen and oxygen atoms in total. The summed E-state index contributed by atoms with van der Waals surface area (Å²) in [5, 5.41) is 14.2. The molecule has 1 fully saturated rings. The molecule has 0 radical (unpaired) electrons. The fraction of sp³-hybridized carbons (Fsp3) is 0.240. The molecule has 0 aromatic heterocycles. The second-order valence-electron chi connectivity index (χ2n) is 7.97. The van der Waals surface area contributed by atoms with Crippen LogP contribution in [0.1, 0.15) is 17.2 Å². The number of piperazine rings is 1. The van der Waals surface area contributed by atoms with Crippen molar-refractivity contribution in [3.05, 3.63) is 100 Å². The lowest BCUT2D eigenvalue weighted by atomic mass is 10.0. The van der Waals surface area contributed by atoms with Gasteiger partial charge < -0.3 is 10.2 Å². The van der Waals surface area contributed by atoms with E-state index in [9.17, 15) is 14.9 Å². The number of carbonyl (C=O) groups is 1.